The summed E-state index contributed by atoms with van der Waals surface area (Å²) in [7, 11) is -3.27. The first-order valence-electron chi connectivity index (χ1n) is 9.77. The van der Waals surface area contributed by atoms with Gasteiger partial charge < -0.3 is 5.32 Å². The van der Waals surface area contributed by atoms with Crippen LogP contribution in [0.25, 0.3) is 0 Å². The van der Waals surface area contributed by atoms with E-state index in [0.29, 0.717) is 10.6 Å². The highest BCUT2D eigenvalue weighted by Gasteiger charge is 2.18. The van der Waals surface area contributed by atoms with E-state index in [1.54, 1.807) is 72.8 Å². The summed E-state index contributed by atoms with van der Waals surface area (Å²) < 4.78 is 24.5. The minimum absolute atomic E-state index is 0.0276. The van der Waals surface area contributed by atoms with Gasteiger partial charge in [-0.2, -0.15) is 0 Å². The fourth-order valence-electron chi connectivity index (χ4n) is 3.13. The Morgan fingerprint density at radius 3 is 2.10 bits per heavy atom. The third-order valence-corrected chi connectivity index (χ3v) is 6.61. The van der Waals surface area contributed by atoms with Crippen LogP contribution in [0.5, 0.6) is 0 Å². The molecule has 160 valence electrons. The molecular weight excluding hydrogens is 434 g/mol. The van der Waals surface area contributed by atoms with Crippen molar-refractivity contribution in [2.45, 2.75) is 12.2 Å². The molecule has 1 N–H and O–H groups in total. The van der Waals surface area contributed by atoms with Gasteiger partial charge in [-0.25, -0.2) is 8.42 Å². The maximum absolute atomic E-state index is 12.8. The van der Waals surface area contributed by atoms with E-state index < -0.39 is 15.7 Å². The monoisotopic (exact) mass is 455 g/mol. The Morgan fingerprint density at radius 1 is 0.806 bits per heavy atom. The summed E-state index contributed by atoms with van der Waals surface area (Å²) in [4.78, 5) is 25.5. The van der Waals surface area contributed by atoms with E-state index in [1.807, 2.05) is 6.07 Å². The lowest BCUT2D eigenvalue weighted by Crippen LogP contribution is -2.27. The predicted octanol–water partition coefficient (Wildman–Crippen LogP) is 4.31. The largest absolute Gasteiger partial charge is 0.352 e. The zero-order valence-corrected chi connectivity index (χ0v) is 18.3. The van der Waals surface area contributed by atoms with Crippen molar-refractivity contribution in [2.75, 3.05) is 12.3 Å². The summed E-state index contributed by atoms with van der Waals surface area (Å²) in [5.41, 5.74) is 1.69. The zero-order chi connectivity index (χ0) is 22.3. The fourth-order valence-corrected chi connectivity index (χ4v) is 4.68. The van der Waals surface area contributed by atoms with Gasteiger partial charge in [-0.05, 0) is 42.3 Å². The van der Waals surface area contributed by atoms with E-state index in [9.17, 15) is 18.0 Å². The lowest BCUT2D eigenvalue weighted by molar-refractivity contribution is 0.0942. The molecule has 0 fully saturated rings. The van der Waals surface area contributed by atoms with Crippen molar-refractivity contribution in [1.82, 2.24) is 5.32 Å². The van der Waals surface area contributed by atoms with Crippen LogP contribution < -0.4 is 5.32 Å². The van der Waals surface area contributed by atoms with Crippen LogP contribution in [-0.2, 0) is 15.6 Å². The van der Waals surface area contributed by atoms with E-state index in [4.69, 9.17) is 11.6 Å². The van der Waals surface area contributed by atoms with Crippen LogP contribution in [0, 0.1) is 0 Å². The van der Waals surface area contributed by atoms with E-state index in [-0.39, 0.29) is 41.4 Å². The molecule has 3 rings (SSSR count). The molecule has 0 aliphatic rings. The van der Waals surface area contributed by atoms with Crippen molar-refractivity contribution in [3.05, 3.63) is 106 Å². The summed E-state index contributed by atoms with van der Waals surface area (Å²) in [5, 5.41) is 3.23. The van der Waals surface area contributed by atoms with Gasteiger partial charge >= 0.3 is 0 Å². The summed E-state index contributed by atoms with van der Waals surface area (Å²) in [6, 6.07) is 22.0. The van der Waals surface area contributed by atoms with Crippen LogP contribution in [0.2, 0.25) is 5.02 Å². The third kappa shape index (κ3) is 6.51. The Bertz CT molecular complexity index is 1160. The van der Waals surface area contributed by atoms with Crippen LogP contribution in [-0.4, -0.2) is 32.4 Å². The number of amides is 1. The number of hydrogen-bond acceptors (Lipinski definition) is 4. The number of sulfone groups is 1. The van der Waals surface area contributed by atoms with E-state index >= 15 is 0 Å². The van der Waals surface area contributed by atoms with Crippen molar-refractivity contribution < 1.29 is 18.0 Å². The Balaban J connectivity index is 1.59. The molecule has 0 aliphatic heterocycles. The van der Waals surface area contributed by atoms with Crippen LogP contribution in [0.4, 0.5) is 0 Å². The molecule has 0 saturated heterocycles. The molecule has 3 aromatic carbocycles. The van der Waals surface area contributed by atoms with Gasteiger partial charge in [-0.15, -0.1) is 0 Å². The maximum Gasteiger partial charge on any atom is 0.252 e. The van der Waals surface area contributed by atoms with E-state index in [2.05, 4.69) is 5.32 Å². The molecule has 0 saturated carbocycles. The quantitative estimate of drug-likeness (QED) is 0.385. The summed E-state index contributed by atoms with van der Waals surface area (Å²) in [6.45, 7) is 0.191. The molecule has 0 heterocycles. The predicted molar refractivity (Wildman–Crippen MR) is 122 cm³/mol. The SMILES string of the molecule is O=C(NCCCS(=O)(=O)Cc1ccccc1)c1ccccc1C(=O)c1ccc(Cl)cc1. The zero-order valence-electron chi connectivity index (χ0n) is 16.8. The number of hydrogen-bond donors (Lipinski definition) is 1. The average Bonchev–Trinajstić information content (AvgIpc) is 2.77. The highest BCUT2D eigenvalue weighted by atomic mass is 35.5. The van der Waals surface area contributed by atoms with Crippen molar-refractivity contribution in [1.29, 1.82) is 0 Å². The fraction of sp³-hybridized carbons (Fsp3) is 0.167. The standard InChI is InChI=1S/C24H22ClNO4S/c25-20-13-11-19(12-14-20)23(27)21-9-4-5-10-22(21)24(28)26-15-6-16-31(29,30)17-18-7-2-1-3-8-18/h1-5,7-14H,6,15-17H2,(H,26,28). The topological polar surface area (TPSA) is 80.3 Å². The van der Waals surface area contributed by atoms with Crippen LogP contribution in [0.15, 0.2) is 78.9 Å². The molecule has 5 nitrogen and oxygen atoms in total. The number of benzene rings is 3. The van der Waals surface area contributed by atoms with Crippen LogP contribution >= 0.6 is 11.6 Å². The van der Waals surface area contributed by atoms with Gasteiger partial charge in [0.1, 0.15) is 0 Å². The van der Waals surface area contributed by atoms with Gasteiger partial charge in [0.25, 0.3) is 5.91 Å². The van der Waals surface area contributed by atoms with Gasteiger partial charge in [0.05, 0.1) is 17.1 Å². The van der Waals surface area contributed by atoms with Gasteiger partial charge in [0, 0.05) is 22.7 Å². The van der Waals surface area contributed by atoms with E-state index in [0.717, 1.165) is 5.56 Å². The minimum atomic E-state index is -3.27. The number of nitrogens with one attached hydrogen (secondary N) is 1. The van der Waals surface area contributed by atoms with Gasteiger partial charge in [-0.3, -0.25) is 9.59 Å². The van der Waals surface area contributed by atoms with Crippen LogP contribution in [0.3, 0.4) is 0 Å². The maximum atomic E-state index is 12.8. The molecule has 1 amide bonds. The second-order valence-electron chi connectivity index (χ2n) is 7.07. The van der Waals surface area contributed by atoms with E-state index in [1.165, 1.54) is 0 Å². The first-order chi connectivity index (χ1) is 14.9. The summed E-state index contributed by atoms with van der Waals surface area (Å²) in [6.07, 6.45) is 0.286. The number of halogens is 1. The molecule has 0 aliphatic carbocycles. The summed E-state index contributed by atoms with van der Waals surface area (Å²) in [5.74, 6) is -0.764. The second kappa shape index (κ2) is 10.4. The molecule has 0 atom stereocenters. The highest BCUT2D eigenvalue weighted by molar-refractivity contribution is 7.90. The lowest BCUT2D eigenvalue weighted by Gasteiger charge is -2.10. The average molecular weight is 456 g/mol. The normalized spacial score (nSPS) is 11.1. The lowest BCUT2D eigenvalue weighted by atomic mass is 9.98. The molecule has 0 aromatic heterocycles. The highest BCUT2D eigenvalue weighted by Crippen LogP contribution is 2.17. The number of carbonyl (C=O) groups excluding carboxylic acids is 2. The van der Waals surface area contributed by atoms with Crippen molar-refractivity contribution in [2.24, 2.45) is 0 Å². The molecule has 3 aromatic rings. The molecular formula is C24H22ClNO4S. The number of carbonyl (C=O) groups is 2. The Morgan fingerprint density at radius 2 is 1.42 bits per heavy atom. The molecule has 7 heteroatoms. The molecule has 0 spiro atoms. The van der Waals surface area contributed by atoms with Crippen molar-refractivity contribution >= 4 is 33.1 Å². The smallest absolute Gasteiger partial charge is 0.252 e. The molecule has 0 bridgehead atoms. The second-order valence-corrected chi connectivity index (χ2v) is 9.69. The first kappa shape index (κ1) is 22.7. The van der Waals surface area contributed by atoms with Gasteiger partial charge in [0.15, 0.2) is 15.6 Å². The van der Waals surface area contributed by atoms with Gasteiger partial charge in [-0.1, -0.05) is 60.1 Å². The first-order valence-corrected chi connectivity index (χ1v) is 12.0. The van der Waals surface area contributed by atoms with Crippen molar-refractivity contribution in [3.8, 4) is 0 Å². The Hall–Kier alpha value is -2.96. The van der Waals surface area contributed by atoms with Crippen LogP contribution in [0.1, 0.15) is 38.3 Å². The minimum Gasteiger partial charge on any atom is -0.352 e. The van der Waals surface area contributed by atoms with Gasteiger partial charge in [0.2, 0.25) is 0 Å². The summed E-state index contributed by atoms with van der Waals surface area (Å²) >= 11 is 5.87. The molecule has 31 heavy (non-hydrogen) atoms. The molecule has 0 radical (unpaired) electrons. The number of rotatable bonds is 9. The Kier molecular flexibility index (Phi) is 7.60. The van der Waals surface area contributed by atoms with Crippen molar-refractivity contribution in [3.63, 3.8) is 0 Å². The third-order valence-electron chi connectivity index (χ3n) is 4.67. The Labute approximate surface area is 187 Å². The molecule has 0 unspecified atom stereocenters. The number of ketones is 1.